The normalized spacial score (nSPS) is 15.6. The van der Waals surface area contributed by atoms with Crippen molar-refractivity contribution in [3.05, 3.63) is 101 Å². The molecule has 1 atom stereocenters. The van der Waals surface area contributed by atoms with E-state index in [9.17, 15) is 4.39 Å². The highest BCUT2D eigenvalue weighted by molar-refractivity contribution is 5.29. The fourth-order valence-corrected chi connectivity index (χ4v) is 4.90. The molecule has 7 heteroatoms. The highest BCUT2D eigenvalue weighted by Gasteiger charge is 2.31. The number of nitrogens with zero attached hydrogens (tertiary/aromatic N) is 5. The highest BCUT2D eigenvalue weighted by atomic mass is 19.1. The lowest BCUT2D eigenvalue weighted by Gasteiger charge is -2.32. The number of benzene rings is 2. The van der Waals surface area contributed by atoms with Crippen molar-refractivity contribution < 1.29 is 8.81 Å². The number of hydrogen-bond donors (Lipinski definition) is 0. The van der Waals surface area contributed by atoms with Crippen LogP contribution in [0.3, 0.4) is 0 Å². The SMILES string of the molecule is Cc1ccc([C@H](c2nnnn2C2CCCCC2)N(Cc2ccc(F)cc2)Cc2ccco2)cc1. The van der Waals surface area contributed by atoms with Crippen LogP contribution in [0.4, 0.5) is 4.39 Å². The van der Waals surface area contributed by atoms with Crippen LogP contribution in [-0.4, -0.2) is 25.1 Å². The monoisotopic (exact) mass is 459 g/mol. The van der Waals surface area contributed by atoms with Gasteiger partial charge in [-0.2, -0.15) is 0 Å². The van der Waals surface area contributed by atoms with Crippen molar-refractivity contribution in [2.24, 2.45) is 0 Å². The average Bonchev–Trinajstić information content (AvgIpc) is 3.55. The van der Waals surface area contributed by atoms with E-state index in [0.29, 0.717) is 19.1 Å². The molecule has 0 aliphatic heterocycles. The Bertz CT molecular complexity index is 1160. The van der Waals surface area contributed by atoms with Crippen LogP contribution in [0.1, 0.15) is 72.5 Å². The molecule has 0 N–H and O–H groups in total. The van der Waals surface area contributed by atoms with E-state index in [1.807, 2.05) is 28.9 Å². The van der Waals surface area contributed by atoms with Gasteiger partial charge in [-0.25, -0.2) is 9.07 Å². The zero-order chi connectivity index (χ0) is 23.3. The molecule has 4 aromatic rings. The molecule has 176 valence electrons. The Morgan fingerprint density at radius 1 is 1.00 bits per heavy atom. The van der Waals surface area contributed by atoms with Crippen LogP contribution in [0.15, 0.2) is 71.3 Å². The third-order valence-electron chi connectivity index (χ3n) is 6.68. The second-order valence-corrected chi connectivity index (χ2v) is 9.20. The van der Waals surface area contributed by atoms with Crippen LogP contribution in [0.25, 0.3) is 0 Å². The number of furan rings is 1. The Morgan fingerprint density at radius 2 is 1.76 bits per heavy atom. The van der Waals surface area contributed by atoms with E-state index in [2.05, 4.69) is 51.6 Å². The van der Waals surface area contributed by atoms with Gasteiger partial charge in [0.2, 0.25) is 0 Å². The predicted molar refractivity (Wildman–Crippen MR) is 127 cm³/mol. The summed E-state index contributed by atoms with van der Waals surface area (Å²) < 4.78 is 21.4. The Morgan fingerprint density at radius 3 is 2.47 bits per heavy atom. The van der Waals surface area contributed by atoms with Gasteiger partial charge >= 0.3 is 0 Å². The molecule has 5 rings (SSSR count). The van der Waals surface area contributed by atoms with Gasteiger partial charge in [0, 0.05) is 6.54 Å². The van der Waals surface area contributed by atoms with Crippen molar-refractivity contribution in [3.63, 3.8) is 0 Å². The Labute approximate surface area is 199 Å². The zero-order valence-corrected chi connectivity index (χ0v) is 19.5. The lowest BCUT2D eigenvalue weighted by Crippen LogP contribution is -2.32. The first-order chi connectivity index (χ1) is 16.7. The van der Waals surface area contributed by atoms with Crippen molar-refractivity contribution in [1.82, 2.24) is 25.1 Å². The second-order valence-electron chi connectivity index (χ2n) is 9.20. The summed E-state index contributed by atoms with van der Waals surface area (Å²) in [6.45, 7) is 3.25. The summed E-state index contributed by atoms with van der Waals surface area (Å²) in [6, 6.07) is 19.2. The van der Waals surface area contributed by atoms with Gasteiger partial charge in [0.05, 0.1) is 24.9 Å². The van der Waals surface area contributed by atoms with Gasteiger partial charge in [-0.05, 0) is 65.6 Å². The number of halogens is 1. The fraction of sp³-hybridized carbons (Fsp3) is 0.370. The van der Waals surface area contributed by atoms with Gasteiger partial charge in [0.15, 0.2) is 5.82 Å². The lowest BCUT2D eigenvalue weighted by atomic mass is 9.95. The van der Waals surface area contributed by atoms with Gasteiger partial charge in [0.25, 0.3) is 0 Å². The molecule has 2 aromatic heterocycles. The van der Waals surface area contributed by atoms with Gasteiger partial charge in [-0.15, -0.1) is 5.10 Å². The summed E-state index contributed by atoms with van der Waals surface area (Å²) in [5, 5.41) is 13.1. The average molecular weight is 460 g/mol. The first-order valence-electron chi connectivity index (χ1n) is 12.0. The van der Waals surface area contributed by atoms with E-state index in [1.54, 1.807) is 6.26 Å². The molecule has 34 heavy (non-hydrogen) atoms. The molecule has 0 saturated heterocycles. The zero-order valence-electron chi connectivity index (χ0n) is 19.5. The number of hydrogen-bond acceptors (Lipinski definition) is 5. The van der Waals surface area contributed by atoms with E-state index < -0.39 is 0 Å². The minimum Gasteiger partial charge on any atom is -0.468 e. The summed E-state index contributed by atoms with van der Waals surface area (Å²) in [6.07, 6.45) is 7.54. The van der Waals surface area contributed by atoms with Crippen molar-refractivity contribution in [1.29, 1.82) is 0 Å². The van der Waals surface area contributed by atoms with Crippen molar-refractivity contribution >= 4 is 0 Å². The van der Waals surface area contributed by atoms with E-state index in [4.69, 9.17) is 4.42 Å². The minimum atomic E-state index is -0.238. The summed E-state index contributed by atoms with van der Waals surface area (Å²) in [4.78, 5) is 2.31. The summed E-state index contributed by atoms with van der Waals surface area (Å²) >= 11 is 0. The Balaban J connectivity index is 1.58. The van der Waals surface area contributed by atoms with Gasteiger partial charge in [0.1, 0.15) is 11.6 Å². The van der Waals surface area contributed by atoms with Gasteiger partial charge < -0.3 is 4.42 Å². The Hall–Kier alpha value is -3.32. The maximum Gasteiger partial charge on any atom is 0.173 e. The molecule has 1 aliphatic carbocycles. The van der Waals surface area contributed by atoms with E-state index >= 15 is 0 Å². The topological polar surface area (TPSA) is 60.0 Å². The second kappa shape index (κ2) is 10.3. The molecule has 0 amide bonds. The maximum absolute atomic E-state index is 13.6. The van der Waals surface area contributed by atoms with Crippen molar-refractivity contribution in [2.45, 2.75) is 64.2 Å². The van der Waals surface area contributed by atoms with E-state index in [0.717, 1.165) is 35.6 Å². The number of aryl methyl sites for hydroxylation is 1. The number of aromatic nitrogens is 4. The number of rotatable bonds is 8. The fourth-order valence-electron chi connectivity index (χ4n) is 4.90. The first kappa shape index (κ1) is 22.5. The van der Waals surface area contributed by atoms with E-state index in [1.165, 1.54) is 37.0 Å². The molecule has 6 nitrogen and oxygen atoms in total. The number of tetrazole rings is 1. The molecule has 1 aliphatic rings. The van der Waals surface area contributed by atoms with Gasteiger partial charge in [-0.1, -0.05) is 61.2 Å². The molecule has 0 unspecified atom stereocenters. The van der Waals surface area contributed by atoms with Crippen LogP contribution < -0.4 is 0 Å². The van der Waals surface area contributed by atoms with Crippen molar-refractivity contribution in [2.75, 3.05) is 0 Å². The minimum absolute atomic E-state index is 0.187. The lowest BCUT2D eigenvalue weighted by molar-refractivity contribution is 0.174. The van der Waals surface area contributed by atoms with Gasteiger partial charge in [-0.3, -0.25) is 4.90 Å². The molecule has 0 radical (unpaired) electrons. The molecule has 1 fully saturated rings. The van der Waals surface area contributed by atoms with E-state index in [-0.39, 0.29) is 11.9 Å². The maximum atomic E-state index is 13.6. The standard InChI is InChI=1S/C27H30FN5O/c1-20-9-13-22(14-10-20)26(27-29-30-31-33(27)24-6-3-2-4-7-24)32(19-25-8-5-17-34-25)18-21-11-15-23(28)16-12-21/h5,8-17,24,26H,2-4,6-7,18-19H2,1H3/t26-/m1/s1. The highest BCUT2D eigenvalue weighted by Crippen LogP contribution is 2.35. The third kappa shape index (κ3) is 5.09. The summed E-state index contributed by atoms with van der Waals surface area (Å²) in [5.41, 5.74) is 3.33. The third-order valence-corrected chi connectivity index (χ3v) is 6.68. The van der Waals surface area contributed by atoms with Crippen LogP contribution in [0.5, 0.6) is 0 Å². The summed E-state index contributed by atoms with van der Waals surface area (Å²) in [5.74, 6) is 1.46. The molecule has 2 aromatic carbocycles. The van der Waals surface area contributed by atoms with Crippen molar-refractivity contribution in [3.8, 4) is 0 Å². The largest absolute Gasteiger partial charge is 0.468 e. The smallest absolute Gasteiger partial charge is 0.173 e. The van der Waals surface area contributed by atoms with Crippen LogP contribution >= 0.6 is 0 Å². The molecule has 2 heterocycles. The predicted octanol–water partition coefficient (Wildman–Crippen LogP) is 6.01. The molecule has 0 spiro atoms. The van der Waals surface area contributed by atoms with Crippen LogP contribution in [0, 0.1) is 12.7 Å². The molecular formula is C27H30FN5O. The quantitative estimate of drug-likeness (QED) is 0.323. The summed E-state index contributed by atoms with van der Waals surface area (Å²) in [7, 11) is 0. The molecule has 1 saturated carbocycles. The Kier molecular flexibility index (Phi) is 6.81. The molecular weight excluding hydrogens is 429 g/mol. The first-order valence-corrected chi connectivity index (χ1v) is 12.0. The van der Waals surface area contributed by atoms with Crippen LogP contribution in [-0.2, 0) is 13.1 Å². The molecule has 0 bridgehead atoms. The van der Waals surface area contributed by atoms with Crippen LogP contribution in [0.2, 0.25) is 0 Å².